The van der Waals surface area contributed by atoms with E-state index in [2.05, 4.69) is 6.92 Å². The third kappa shape index (κ3) is 18.6. The second-order valence-electron chi connectivity index (χ2n) is 3.50. The minimum atomic E-state index is -1.73. The number of hydrogen-bond acceptors (Lipinski definition) is 4. The van der Waals surface area contributed by atoms with Crippen molar-refractivity contribution in [2.24, 2.45) is 5.73 Å². The lowest BCUT2D eigenvalue weighted by molar-refractivity contribution is 0.107. The molecular formula is C12H31NO3Si. The molecule has 0 rings (SSSR count). The summed E-state index contributed by atoms with van der Waals surface area (Å²) in [5.74, 6) is 0. The van der Waals surface area contributed by atoms with E-state index in [1.54, 1.807) is 0 Å². The Morgan fingerprint density at radius 2 is 1.24 bits per heavy atom. The van der Waals surface area contributed by atoms with Gasteiger partial charge in [0, 0.05) is 19.8 Å². The quantitative estimate of drug-likeness (QED) is 0.486. The van der Waals surface area contributed by atoms with Crippen LogP contribution in [-0.2, 0) is 13.3 Å². The van der Waals surface area contributed by atoms with Crippen LogP contribution in [0.15, 0.2) is 0 Å². The van der Waals surface area contributed by atoms with E-state index in [1.165, 1.54) is 25.7 Å². The molecule has 0 bridgehead atoms. The summed E-state index contributed by atoms with van der Waals surface area (Å²) in [5, 5.41) is 0. The molecule has 0 heterocycles. The third-order valence-electron chi connectivity index (χ3n) is 1.97. The topological polar surface area (TPSA) is 53.7 Å². The van der Waals surface area contributed by atoms with Crippen LogP contribution in [0.25, 0.3) is 0 Å². The summed E-state index contributed by atoms with van der Waals surface area (Å²) in [6, 6.07) is 0. The van der Waals surface area contributed by atoms with Crippen LogP contribution in [0.1, 0.15) is 53.4 Å². The molecule has 0 saturated carbocycles. The zero-order chi connectivity index (χ0) is 13.4. The standard InChI is InChI=1S/C6H15N.C6H16O3Si/c1-2-3-4-5-6-7;1-4-7-10(8-5-2)9-6-3/h2-7H2,1H3;10H,4-6H2,1-3H3. The van der Waals surface area contributed by atoms with Crippen LogP contribution < -0.4 is 5.73 Å². The van der Waals surface area contributed by atoms with Crippen molar-refractivity contribution in [2.45, 2.75) is 53.4 Å². The van der Waals surface area contributed by atoms with Gasteiger partial charge in [0.2, 0.25) is 0 Å². The first-order valence-corrected chi connectivity index (χ1v) is 8.22. The molecule has 17 heavy (non-hydrogen) atoms. The molecule has 0 amide bonds. The van der Waals surface area contributed by atoms with E-state index in [0.29, 0.717) is 19.8 Å². The first-order valence-electron chi connectivity index (χ1n) is 6.81. The molecule has 0 unspecified atom stereocenters. The van der Waals surface area contributed by atoms with Crippen LogP contribution in [0, 0.1) is 0 Å². The van der Waals surface area contributed by atoms with E-state index < -0.39 is 9.53 Å². The lowest BCUT2D eigenvalue weighted by atomic mass is 10.2. The van der Waals surface area contributed by atoms with Crippen molar-refractivity contribution in [2.75, 3.05) is 26.4 Å². The molecule has 0 aliphatic heterocycles. The summed E-state index contributed by atoms with van der Waals surface area (Å²) in [7, 11) is -1.73. The van der Waals surface area contributed by atoms with Crippen molar-refractivity contribution >= 4 is 9.53 Å². The Balaban J connectivity index is 0. The van der Waals surface area contributed by atoms with Crippen molar-refractivity contribution in [1.82, 2.24) is 0 Å². The highest BCUT2D eigenvalue weighted by molar-refractivity contribution is 6.36. The van der Waals surface area contributed by atoms with Gasteiger partial charge in [0.15, 0.2) is 0 Å². The lowest BCUT2D eigenvalue weighted by Crippen LogP contribution is -2.27. The molecule has 0 radical (unpaired) electrons. The highest BCUT2D eigenvalue weighted by Gasteiger charge is 2.11. The lowest BCUT2D eigenvalue weighted by Gasteiger charge is -2.12. The Labute approximate surface area is 109 Å². The predicted molar refractivity (Wildman–Crippen MR) is 75.2 cm³/mol. The summed E-state index contributed by atoms with van der Waals surface area (Å²) in [6.07, 6.45) is 5.16. The van der Waals surface area contributed by atoms with Crippen molar-refractivity contribution in [1.29, 1.82) is 0 Å². The number of rotatable bonds is 10. The van der Waals surface area contributed by atoms with Crippen molar-refractivity contribution < 1.29 is 13.3 Å². The van der Waals surface area contributed by atoms with Crippen LogP contribution in [0.4, 0.5) is 0 Å². The first-order chi connectivity index (χ1) is 8.26. The summed E-state index contributed by atoms with van der Waals surface area (Å²) in [4.78, 5) is 0. The van der Waals surface area contributed by atoms with E-state index in [-0.39, 0.29) is 0 Å². The van der Waals surface area contributed by atoms with Gasteiger partial charge in [-0.2, -0.15) is 0 Å². The smallest absolute Gasteiger partial charge is 0.376 e. The maximum absolute atomic E-state index is 5.27. The fourth-order valence-electron chi connectivity index (χ4n) is 1.12. The largest absolute Gasteiger partial charge is 0.484 e. The van der Waals surface area contributed by atoms with Gasteiger partial charge in [-0.15, -0.1) is 0 Å². The molecule has 0 aliphatic carbocycles. The summed E-state index contributed by atoms with van der Waals surface area (Å²) < 4.78 is 15.7. The Kier molecular flexibility index (Phi) is 21.0. The van der Waals surface area contributed by atoms with Gasteiger partial charge < -0.3 is 19.0 Å². The molecule has 0 aliphatic rings. The highest BCUT2D eigenvalue weighted by atomic mass is 28.3. The van der Waals surface area contributed by atoms with Crippen LogP contribution >= 0.6 is 0 Å². The van der Waals surface area contributed by atoms with Gasteiger partial charge in [0.05, 0.1) is 0 Å². The number of unbranched alkanes of at least 4 members (excludes halogenated alkanes) is 3. The van der Waals surface area contributed by atoms with Crippen LogP contribution in [0.3, 0.4) is 0 Å². The minimum Gasteiger partial charge on any atom is -0.376 e. The van der Waals surface area contributed by atoms with E-state index >= 15 is 0 Å². The Bertz CT molecular complexity index is 110. The molecular weight excluding hydrogens is 234 g/mol. The Morgan fingerprint density at radius 3 is 1.53 bits per heavy atom. The summed E-state index contributed by atoms with van der Waals surface area (Å²) in [6.45, 7) is 10.9. The molecule has 5 heteroatoms. The summed E-state index contributed by atoms with van der Waals surface area (Å²) >= 11 is 0. The molecule has 106 valence electrons. The maximum atomic E-state index is 5.27. The van der Waals surface area contributed by atoms with Gasteiger partial charge in [0.1, 0.15) is 0 Å². The molecule has 0 saturated heterocycles. The molecule has 0 fully saturated rings. The average molecular weight is 265 g/mol. The second kappa shape index (κ2) is 18.4. The van der Waals surface area contributed by atoms with Crippen LogP contribution in [-0.4, -0.2) is 35.9 Å². The van der Waals surface area contributed by atoms with Crippen molar-refractivity contribution in [3.8, 4) is 0 Å². The van der Waals surface area contributed by atoms with Crippen LogP contribution in [0.5, 0.6) is 0 Å². The molecule has 2 N–H and O–H groups in total. The summed E-state index contributed by atoms with van der Waals surface area (Å²) in [5.41, 5.74) is 5.27. The number of hydrogen-bond donors (Lipinski definition) is 1. The third-order valence-corrected chi connectivity index (χ3v) is 3.78. The van der Waals surface area contributed by atoms with E-state index in [0.717, 1.165) is 6.54 Å². The predicted octanol–water partition coefficient (Wildman–Crippen LogP) is 2.34. The highest BCUT2D eigenvalue weighted by Crippen LogP contribution is 1.95. The van der Waals surface area contributed by atoms with Crippen LogP contribution in [0.2, 0.25) is 0 Å². The van der Waals surface area contributed by atoms with E-state index in [9.17, 15) is 0 Å². The zero-order valence-electron chi connectivity index (χ0n) is 12.0. The maximum Gasteiger partial charge on any atom is 0.484 e. The molecule has 0 atom stereocenters. The van der Waals surface area contributed by atoms with Gasteiger partial charge in [-0.1, -0.05) is 26.2 Å². The zero-order valence-corrected chi connectivity index (χ0v) is 13.2. The SMILES string of the molecule is CCCCCCN.CCO[SiH](OCC)OCC. The minimum absolute atomic E-state index is 0.677. The van der Waals surface area contributed by atoms with Gasteiger partial charge in [-0.25, -0.2) is 0 Å². The van der Waals surface area contributed by atoms with Crippen molar-refractivity contribution in [3.63, 3.8) is 0 Å². The molecule has 4 nitrogen and oxygen atoms in total. The molecule has 0 aromatic heterocycles. The Hall–Kier alpha value is 0.0569. The second-order valence-corrected chi connectivity index (χ2v) is 5.08. The fourth-order valence-corrected chi connectivity index (χ4v) is 2.23. The molecule has 0 aromatic carbocycles. The van der Waals surface area contributed by atoms with Gasteiger partial charge in [-0.05, 0) is 33.7 Å². The average Bonchev–Trinajstić information content (AvgIpc) is 2.32. The number of nitrogens with two attached hydrogens (primary N) is 1. The van der Waals surface area contributed by atoms with Gasteiger partial charge >= 0.3 is 9.53 Å². The van der Waals surface area contributed by atoms with Gasteiger partial charge in [-0.3, -0.25) is 0 Å². The van der Waals surface area contributed by atoms with Crippen molar-refractivity contribution in [3.05, 3.63) is 0 Å². The van der Waals surface area contributed by atoms with Gasteiger partial charge in [0.25, 0.3) is 0 Å². The fraction of sp³-hybridized carbons (Fsp3) is 1.00. The molecule has 0 aromatic rings. The normalized spacial score (nSPS) is 10.2. The monoisotopic (exact) mass is 265 g/mol. The van der Waals surface area contributed by atoms with E-state index in [4.69, 9.17) is 19.0 Å². The molecule has 0 spiro atoms. The Morgan fingerprint density at radius 1 is 0.765 bits per heavy atom. The first kappa shape index (κ1) is 19.4. The van der Waals surface area contributed by atoms with E-state index in [1.807, 2.05) is 20.8 Å².